The van der Waals surface area contributed by atoms with Crippen molar-refractivity contribution in [1.29, 1.82) is 0 Å². The zero-order valence-corrected chi connectivity index (χ0v) is 14.0. The van der Waals surface area contributed by atoms with Crippen LogP contribution in [0.3, 0.4) is 0 Å². The van der Waals surface area contributed by atoms with Crippen molar-refractivity contribution in [2.75, 3.05) is 41.3 Å². The number of benzene rings is 1. The Balaban J connectivity index is 0. The van der Waals surface area contributed by atoms with Gasteiger partial charge in [-0.3, -0.25) is 0 Å². The summed E-state index contributed by atoms with van der Waals surface area (Å²) in [6.45, 7) is 2.53. The van der Waals surface area contributed by atoms with Crippen LogP contribution in [-0.4, -0.2) is 41.3 Å². The van der Waals surface area contributed by atoms with Crippen molar-refractivity contribution in [2.45, 2.75) is 4.90 Å². The van der Waals surface area contributed by atoms with Gasteiger partial charge in [-0.2, -0.15) is 4.90 Å². The predicted molar refractivity (Wildman–Crippen MR) is 67.4 cm³/mol. The van der Waals surface area contributed by atoms with Gasteiger partial charge in [0.15, 0.2) is 0 Å². The number of quaternary nitrogens is 2. The summed E-state index contributed by atoms with van der Waals surface area (Å²) < 4.78 is 0. The summed E-state index contributed by atoms with van der Waals surface area (Å²) in [6, 6.07) is 9.62. The fraction of sp³-hybridized carbons (Fsp3) is 0.500. The number of rotatable bonds is 3. The summed E-state index contributed by atoms with van der Waals surface area (Å²) in [5.41, 5.74) is 0. The van der Waals surface area contributed by atoms with E-state index < -0.39 is 0 Å². The molecule has 2 nitrogen and oxygen atoms in total. The Bertz CT molecular complexity index is 232. The first-order chi connectivity index (χ1) is 7.02. The molecule has 0 aromatic heterocycles. The summed E-state index contributed by atoms with van der Waals surface area (Å²) in [5, 5.41) is 0. The van der Waals surface area contributed by atoms with E-state index in [1.807, 2.05) is 30.3 Å². The van der Waals surface area contributed by atoms with Crippen LogP contribution in [0.4, 0.5) is 0 Å². The van der Waals surface area contributed by atoms with E-state index >= 15 is 0 Å². The second-order valence-electron chi connectivity index (χ2n) is 4.23. The Morgan fingerprint density at radius 1 is 0.875 bits per heavy atom. The molecule has 1 rings (SSSR count). The third-order valence-corrected chi connectivity index (χ3v) is 2.14. The standard InChI is InChI=1S/C6H16N2.C6H6S.Na/c1-7(2)5-6-8(3)4;7-6-4-2-1-3-5-6;/h5-6H2,1-4H3;1-5,7H;/q;;+1/p+1. The van der Waals surface area contributed by atoms with Crippen LogP contribution in [0.25, 0.3) is 0 Å². The Hall–Kier alpha value is 0.360. The molecule has 0 bridgehead atoms. The second-order valence-corrected chi connectivity index (χ2v) is 4.70. The van der Waals surface area contributed by atoms with Gasteiger partial charge in [-0.15, -0.1) is 0 Å². The summed E-state index contributed by atoms with van der Waals surface area (Å²) in [7, 11) is 8.73. The van der Waals surface area contributed by atoms with Gasteiger partial charge in [0, 0.05) is 0 Å². The van der Waals surface area contributed by atoms with Gasteiger partial charge in [-0.25, -0.2) is 0 Å². The van der Waals surface area contributed by atoms with Crippen molar-refractivity contribution in [3.05, 3.63) is 30.3 Å². The minimum absolute atomic E-state index is 0. The molecule has 0 spiro atoms. The monoisotopic (exact) mass is 250 g/mol. The SMILES string of the molecule is C[NH+](C)CC[NH+](C)C.[Na+].[S-]c1ccccc1. The van der Waals surface area contributed by atoms with Crippen LogP contribution in [-0.2, 0) is 12.6 Å². The van der Waals surface area contributed by atoms with Crippen molar-refractivity contribution in [2.24, 2.45) is 0 Å². The van der Waals surface area contributed by atoms with Gasteiger partial charge in [-0.05, 0) is 0 Å². The van der Waals surface area contributed by atoms with Gasteiger partial charge in [-0.1, -0.05) is 30.3 Å². The number of hydrogen-bond acceptors (Lipinski definition) is 1. The van der Waals surface area contributed by atoms with E-state index in [1.54, 1.807) is 0 Å². The molecule has 0 saturated carbocycles. The molecule has 0 heterocycles. The number of hydrogen-bond donors (Lipinski definition) is 2. The van der Waals surface area contributed by atoms with Crippen molar-refractivity contribution < 1.29 is 39.4 Å². The number of nitrogens with one attached hydrogen (secondary N) is 2. The second kappa shape index (κ2) is 11.8. The molecule has 0 amide bonds. The molecule has 0 aliphatic rings. The molecule has 0 radical (unpaired) electrons. The molecular formula is C12H23N2NaS+2. The molecular weight excluding hydrogens is 227 g/mol. The van der Waals surface area contributed by atoms with Crippen LogP contribution in [0.2, 0.25) is 0 Å². The van der Waals surface area contributed by atoms with Crippen LogP contribution < -0.4 is 39.4 Å². The van der Waals surface area contributed by atoms with Gasteiger partial charge in [0.1, 0.15) is 13.1 Å². The molecule has 0 aliphatic carbocycles. The van der Waals surface area contributed by atoms with E-state index in [1.165, 1.54) is 22.9 Å². The summed E-state index contributed by atoms with van der Waals surface area (Å²) in [5.74, 6) is 0. The van der Waals surface area contributed by atoms with Crippen molar-refractivity contribution >= 4 is 12.6 Å². The zero-order valence-electron chi connectivity index (χ0n) is 11.2. The van der Waals surface area contributed by atoms with Crippen molar-refractivity contribution in [3.8, 4) is 0 Å². The van der Waals surface area contributed by atoms with Crippen molar-refractivity contribution in [3.63, 3.8) is 0 Å². The Morgan fingerprint density at radius 3 is 1.44 bits per heavy atom. The van der Waals surface area contributed by atoms with E-state index in [0.717, 1.165) is 4.90 Å². The fourth-order valence-electron chi connectivity index (χ4n) is 0.920. The maximum atomic E-state index is 4.81. The third-order valence-electron chi connectivity index (χ3n) is 1.87. The summed E-state index contributed by atoms with van der Waals surface area (Å²) in [4.78, 5) is 3.97. The first-order valence-corrected chi connectivity index (χ1v) is 5.73. The molecule has 0 fully saturated rings. The van der Waals surface area contributed by atoms with Crippen LogP contribution in [0.5, 0.6) is 0 Å². The molecule has 86 valence electrons. The Morgan fingerprint density at radius 2 is 1.25 bits per heavy atom. The van der Waals surface area contributed by atoms with Gasteiger partial charge < -0.3 is 22.4 Å². The maximum Gasteiger partial charge on any atom is 1.00 e. The van der Waals surface area contributed by atoms with Crippen LogP contribution in [0.1, 0.15) is 0 Å². The van der Waals surface area contributed by atoms with Crippen molar-refractivity contribution in [1.82, 2.24) is 0 Å². The molecule has 4 heteroatoms. The first-order valence-electron chi connectivity index (χ1n) is 5.32. The van der Waals surface area contributed by atoms with Gasteiger partial charge in [0.25, 0.3) is 0 Å². The van der Waals surface area contributed by atoms with Crippen LogP contribution in [0.15, 0.2) is 35.2 Å². The summed E-state index contributed by atoms with van der Waals surface area (Å²) in [6.07, 6.45) is 0. The molecule has 0 saturated heterocycles. The topological polar surface area (TPSA) is 8.88 Å². The average Bonchev–Trinajstić information content (AvgIpc) is 2.17. The molecule has 1 aromatic carbocycles. The molecule has 1 aromatic rings. The molecule has 0 atom stereocenters. The van der Waals surface area contributed by atoms with E-state index in [-0.39, 0.29) is 29.6 Å². The third kappa shape index (κ3) is 14.4. The normalized spacial score (nSPS) is 9.38. The zero-order chi connectivity index (χ0) is 11.7. The Labute approximate surface area is 128 Å². The Kier molecular flexibility index (Phi) is 13.8. The minimum atomic E-state index is 0. The molecule has 16 heavy (non-hydrogen) atoms. The van der Waals surface area contributed by atoms with E-state index in [4.69, 9.17) is 12.6 Å². The van der Waals surface area contributed by atoms with Gasteiger partial charge >= 0.3 is 29.6 Å². The van der Waals surface area contributed by atoms with Crippen LogP contribution in [0, 0.1) is 0 Å². The number of likely N-dealkylation sites (N-methyl/N-ethyl adjacent to an activating group) is 2. The average molecular weight is 250 g/mol. The van der Waals surface area contributed by atoms with Gasteiger partial charge in [0.2, 0.25) is 0 Å². The predicted octanol–water partition coefficient (Wildman–Crippen LogP) is -4.13. The largest absolute Gasteiger partial charge is 1.00 e. The molecule has 2 N–H and O–H groups in total. The quantitative estimate of drug-likeness (QED) is 0.409. The van der Waals surface area contributed by atoms with Gasteiger partial charge in [0.05, 0.1) is 28.2 Å². The minimum Gasteiger partial charge on any atom is -0.780 e. The maximum absolute atomic E-state index is 4.81. The molecule has 0 unspecified atom stereocenters. The smallest absolute Gasteiger partial charge is 0.780 e. The summed E-state index contributed by atoms with van der Waals surface area (Å²) >= 11 is 4.81. The van der Waals surface area contributed by atoms with E-state index in [0.29, 0.717) is 0 Å². The fourth-order valence-corrected chi connectivity index (χ4v) is 1.08. The van der Waals surface area contributed by atoms with Crippen LogP contribution >= 0.6 is 0 Å². The van der Waals surface area contributed by atoms with E-state index in [9.17, 15) is 0 Å². The van der Waals surface area contributed by atoms with E-state index in [2.05, 4.69) is 28.2 Å². The molecule has 0 aliphatic heterocycles. The first kappa shape index (κ1) is 18.7.